The van der Waals surface area contributed by atoms with E-state index in [4.69, 9.17) is 5.73 Å². The molecule has 5 nitrogen and oxygen atoms in total. The largest absolute Gasteiger partial charge is 0.365 e. The molecule has 22 heavy (non-hydrogen) atoms. The summed E-state index contributed by atoms with van der Waals surface area (Å²) in [4.78, 5) is 18.7. The second-order valence-corrected chi connectivity index (χ2v) is 6.15. The maximum absolute atomic E-state index is 11.5. The first-order valence-electron chi connectivity index (χ1n) is 8.18. The minimum atomic E-state index is -0.419. The lowest BCUT2D eigenvalue weighted by molar-refractivity contribution is 0.100. The average Bonchev–Trinajstić information content (AvgIpc) is 2.97. The molecule has 2 N–H and O–H groups in total. The molecule has 0 unspecified atom stereocenters. The number of piperidine rings is 1. The first-order chi connectivity index (χ1) is 10.7. The predicted octanol–water partition coefficient (Wildman–Crippen LogP) is 2.41. The molecule has 1 fully saturated rings. The summed E-state index contributed by atoms with van der Waals surface area (Å²) in [5.74, 6) is 0.0654. The van der Waals surface area contributed by atoms with Gasteiger partial charge in [-0.1, -0.05) is 13.3 Å². The molecule has 0 atom stereocenters. The van der Waals surface area contributed by atoms with Crippen LogP contribution in [0.25, 0.3) is 5.65 Å². The van der Waals surface area contributed by atoms with Gasteiger partial charge >= 0.3 is 0 Å². The Kier molecular flexibility index (Phi) is 4.43. The van der Waals surface area contributed by atoms with Crippen molar-refractivity contribution < 1.29 is 4.79 Å². The quantitative estimate of drug-likeness (QED) is 0.922. The molecular formula is C17H24N4O. The smallest absolute Gasteiger partial charge is 0.252 e. The molecule has 3 rings (SSSR count). The van der Waals surface area contributed by atoms with Crippen LogP contribution in [0.1, 0.15) is 54.6 Å². The molecule has 0 aromatic carbocycles. The maximum Gasteiger partial charge on any atom is 0.252 e. The van der Waals surface area contributed by atoms with E-state index in [0.29, 0.717) is 17.1 Å². The molecule has 0 radical (unpaired) electrons. The van der Waals surface area contributed by atoms with E-state index in [1.54, 1.807) is 6.07 Å². The first-order valence-corrected chi connectivity index (χ1v) is 8.18. The fourth-order valence-electron chi connectivity index (χ4n) is 3.26. The monoisotopic (exact) mass is 300 g/mol. The molecule has 3 heterocycles. The molecular weight excluding hydrogens is 276 g/mol. The van der Waals surface area contributed by atoms with E-state index in [0.717, 1.165) is 31.6 Å². The van der Waals surface area contributed by atoms with Crippen LogP contribution in [0.15, 0.2) is 24.5 Å². The normalized spacial score (nSPS) is 17.1. The van der Waals surface area contributed by atoms with Crippen molar-refractivity contribution in [1.82, 2.24) is 14.3 Å². The average molecular weight is 300 g/mol. The zero-order valence-corrected chi connectivity index (χ0v) is 13.2. The number of rotatable bonds is 5. The number of hydrogen-bond donors (Lipinski definition) is 1. The zero-order valence-electron chi connectivity index (χ0n) is 13.2. The lowest BCUT2D eigenvalue weighted by atomic mass is 9.94. The number of likely N-dealkylation sites (tertiary alicyclic amines) is 1. The molecule has 1 amide bonds. The van der Waals surface area contributed by atoms with Crippen LogP contribution in [0.5, 0.6) is 0 Å². The Hall–Kier alpha value is -1.88. The molecule has 0 bridgehead atoms. The van der Waals surface area contributed by atoms with Gasteiger partial charge in [0, 0.05) is 18.3 Å². The molecule has 0 spiro atoms. The van der Waals surface area contributed by atoms with Crippen LogP contribution >= 0.6 is 0 Å². The molecule has 2 aromatic heterocycles. The Morgan fingerprint density at radius 2 is 2.18 bits per heavy atom. The van der Waals surface area contributed by atoms with Gasteiger partial charge in [0.05, 0.1) is 11.3 Å². The lowest BCUT2D eigenvalue weighted by Gasteiger charge is -2.31. The summed E-state index contributed by atoms with van der Waals surface area (Å²) in [6, 6.07) is 3.58. The van der Waals surface area contributed by atoms with Crippen LogP contribution < -0.4 is 5.73 Å². The first kappa shape index (κ1) is 15.0. The van der Waals surface area contributed by atoms with Crippen molar-refractivity contribution in [1.29, 1.82) is 0 Å². The Labute approximate surface area is 131 Å². The molecule has 5 heteroatoms. The van der Waals surface area contributed by atoms with Gasteiger partial charge in [0.2, 0.25) is 0 Å². The van der Waals surface area contributed by atoms with Gasteiger partial charge in [0.25, 0.3) is 5.91 Å². The summed E-state index contributed by atoms with van der Waals surface area (Å²) >= 11 is 0. The molecule has 0 saturated carbocycles. The Morgan fingerprint density at radius 1 is 1.41 bits per heavy atom. The van der Waals surface area contributed by atoms with Crippen LogP contribution in [0, 0.1) is 0 Å². The van der Waals surface area contributed by atoms with E-state index in [1.165, 1.54) is 19.4 Å². The lowest BCUT2D eigenvalue weighted by Crippen LogP contribution is -2.33. The number of hydrogen-bond acceptors (Lipinski definition) is 3. The van der Waals surface area contributed by atoms with Gasteiger partial charge < -0.3 is 15.0 Å². The van der Waals surface area contributed by atoms with E-state index in [1.807, 2.05) is 22.9 Å². The molecule has 2 aromatic rings. The van der Waals surface area contributed by atoms with Gasteiger partial charge in [0.15, 0.2) is 0 Å². The highest BCUT2D eigenvalue weighted by atomic mass is 16.1. The predicted molar refractivity (Wildman–Crippen MR) is 87.0 cm³/mol. The van der Waals surface area contributed by atoms with Gasteiger partial charge in [-0.15, -0.1) is 0 Å². The minimum Gasteiger partial charge on any atom is -0.365 e. The van der Waals surface area contributed by atoms with E-state index >= 15 is 0 Å². The van der Waals surface area contributed by atoms with Crippen LogP contribution in [0.4, 0.5) is 0 Å². The van der Waals surface area contributed by atoms with Gasteiger partial charge in [0.1, 0.15) is 5.65 Å². The van der Waals surface area contributed by atoms with Gasteiger partial charge in [-0.25, -0.2) is 4.98 Å². The number of imidazole rings is 1. The third-order valence-electron chi connectivity index (χ3n) is 4.60. The van der Waals surface area contributed by atoms with Crippen molar-refractivity contribution in [2.24, 2.45) is 5.73 Å². The van der Waals surface area contributed by atoms with Crippen molar-refractivity contribution in [2.45, 2.75) is 38.5 Å². The topological polar surface area (TPSA) is 63.6 Å². The molecule has 1 aliphatic rings. The number of aromatic nitrogens is 2. The summed E-state index contributed by atoms with van der Waals surface area (Å²) in [5, 5.41) is 0. The summed E-state index contributed by atoms with van der Waals surface area (Å²) in [5.41, 5.74) is 7.69. The van der Waals surface area contributed by atoms with Crippen LogP contribution in [-0.4, -0.2) is 39.8 Å². The van der Waals surface area contributed by atoms with Gasteiger partial charge in [-0.05, 0) is 51.0 Å². The summed E-state index contributed by atoms with van der Waals surface area (Å²) in [6.45, 7) is 5.72. The zero-order chi connectivity index (χ0) is 15.5. The SMILES string of the molecule is CCCCN1CCC(c2cn3cccc(C(N)=O)c3n2)CC1. The fraction of sp³-hybridized carbons (Fsp3) is 0.529. The number of primary amides is 1. The Morgan fingerprint density at radius 3 is 2.86 bits per heavy atom. The van der Waals surface area contributed by atoms with Crippen molar-refractivity contribution in [3.63, 3.8) is 0 Å². The minimum absolute atomic E-state index is 0.419. The highest BCUT2D eigenvalue weighted by Crippen LogP contribution is 2.28. The number of carbonyl (C=O) groups excluding carboxylic acids is 1. The molecule has 118 valence electrons. The fourth-order valence-corrected chi connectivity index (χ4v) is 3.26. The number of pyridine rings is 1. The van der Waals surface area contributed by atoms with E-state index in [9.17, 15) is 4.79 Å². The summed E-state index contributed by atoms with van der Waals surface area (Å²) < 4.78 is 1.92. The van der Waals surface area contributed by atoms with E-state index in [2.05, 4.69) is 16.8 Å². The van der Waals surface area contributed by atoms with Crippen LogP contribution in [0.3, 0.4) is 0 Å². The molecule has 1 aliphatic heterocycles. The Balaban J connectivity index is 1.75. The number of unbranched alkanes of at least 4 members (excludes halogenated alkanes) is 1. The van der Waals surface area contributed by atoms with Crippen LogP contribution in [0.2, 0.25) is 0 Å². The standard InChI is InChI=1S/C17H24N4O/c1-2-3-8-20-10-6-13(7-11-20)15-12-21-9-4-5-14(16(18)22)17(21)19-15/h4-5,9,12-13H,2-3,6-8,10-11H2,1H3,(H2,18,22). The number of carbonyl (C=O) groups is 1. The maximum atomic E-state index is 11.5. The Bertz CT molecular complexity index is 656. The van der Waals surface area contributed by atoms with Gasteiger partial charge in [-0.3, -0.25) is 4.79 Å². The number of nitrogens with zero attached hydrogens (tertiary/aromatic N) is 3. The third kappa shape index (κ3) is 2.99. The van der Waals surface area contributed by atoms with E-state index < -0.39 is 5.91 Å². The number of nitrogens with two attached hydrogens (primary N) is 1. The summed E-state index contributed by atoms with van der Waals surface area (Å²) in [6.07, 6.45) is 8.78. The summed E-state index contributed by atoms with van der Waals surface area (Å²) in [7, 11) is 0. The molecule has 1 saturated heterocycles. The van der Waals surface area contributed by atoms with Crippen LogP contribution in [-0.2, 0) is 0 Å². The highest BCUT2D eigenvalue weighted by Gasteiger charge is 2.23. The third-order valence-corrected chi connectivity index (χ3v) is 4.60. The number of fused-ring (bicyclic) bond motifs is 1. The van der Waals surface area contributed by atoms with Crippen molar-refractivity contribution >= 4 is 11.6 Å². The van der Waals surface area contributed by atoms with Crippen molar-refractivity contribution in [3.05, 3.63) is 35.8 Å². The second kappa shape index (κ2) is 6.48. The second-order valence-electron chi connectivity index (χ2n) is 6.15. The molecule has 0 aliphatic carbocycles. The highest BCUT2D eigenvalue weighted by molar-refractivity contribution is 5.98. The number of amides is 1. The van der Waals surface area contributed by atoms with Crippen molar-refractivity contribution in [2.75, 3.05) is 19.6 Å². The van der Waals surface area contributed by atoms with E-state index in [-0.39, 0.29) is 0 Å². The van der Waals surface area contributed by atoms with Gasteiger partial charge in [-0.2, -0.15) is 0 Å². The van der Waals surface area contributed by atoms with Crippen molar-refractivity contribution in [3.8, 4) is 0 Å².